The number of likely N-dealkylation sites (N-methyl/N-ethyl adjacent to an activating group) is 1. The molecule has 0 unspecified atom stereocenters. The molecule has 0 atom stereocenters. The van der Waals surface area contributed by atoms with Gasteiger partial charge in [0.1, 0.15) is 5.78 Å². The Kier molecular flexibility index (Phi) is 3.54. The summed E-state index contributed by atoms with van der Waals surface area (Å²) < 4.78 is 1.01. The number of Topliss-reactive ketones (excluding diaryl/α,β-unsaturated/α-hetero) is 1. The lowest BCUT2D eigenvalue weighted by Gasteiger charge is -2.41. The summed E-state index contributed by atoms with van der Waals surface area (Å²) in [6.07, 6.45) is 2.96. The molecule has 3 rings (SSSR count). The van der Waals surface area contributed by atoms with Crippen molar-refractivity contribution in [1.82, 2.24) is 0 Å². The van der Waals surface area contributed by atoms with Gasteiger partial charge in [0, 0.05) is 30.4 Å². The monoisotopic (exact) mass is 336 g/mol. The van der Waals surface area contributed by atoms with Crippen LogP contribution in [0.4, 0.5) is 11.4 Å². The molecule has 1 amide bonds. The maximum Gasteiger partial charge on any atom is 0.246 e. The highest BCUT2D eigenvalue weighted by molar-refractivity contribution is 9.10. The number of nitrogens with zero attached hydrogens (tertiary/aromatic N) is 2. The maximum absolute atomic E-state index is 12.2. The minimum absolute atomic E-state index is 0.108. The maximum atomic E-state index is 12.2. The second-order valence-electron chi connectivity index (χ2n) is 5.48. The highest BCUT2D eigenvalue weighted by atomic mass is 79.9. The van der Waals surface area contributed by atoms with Crippen molar-refractivity contribution >= 4 is 39.0 Å². The first-order chi connectivity index (χ1) is 9.56. The third-order valence-corrected chi connectivity index (χ3v) is 4.73. The number of halogens is 1. The lowest BCUT2D eigenvalue weighted by molar-refractivity contribution is -0.120. The number of carbonyl (C=O) groups excluding carboxylic acids is 2. The molecule has 1 aromatic rings. The molecule has 4 nitrogen and oxygen atoms in total. The quantitative estimate of drug-likeness (QED) is 0.791. The van der Waals surface area contributed by atoms with E-state index >= 15 is 0 Å². The minimum atomic E-state index is 0.108. The molecule has 1 saturated carbocycles. The van der Waals surface area contributed by atoms with Gasteiger partial charge in [-0.2, -0.15) is 0 Å². The molecule has 1 aliphatic heterocycles. The highest BCUT2D eigenvalue weighted by Gasteiger charge is 2.33. The molecule has 0 aromatic heterocycles. The molecule has 20 heavy (non-hydrogen) atoms. The standard InChI is InChI=1S/C15H17BrN2O2/c1-17-13-7-2-10(16)8-14(13)18(9-15(17)20)11-3-5-12(19)6-4-11/h2,7-8,11H,3-6,9H2,1H3. The molecule has 0 saturated heterocycles. The van der Waals surface area contributed by atoms with Crippen molar-refractivity contribution < 1.29 is 9.59 Å². The Hall–Kier alpha value is -1.36. The molecule has 0 spiro atoms. The van der Waals surface area contributed by atoms with Gasteiger partial charge in [-0.3, -0.25) is 9.59 Å². The normalized spacial score (nSPS) is 20.3. The number of amides is 1. The van der Waals surface area contributed by atoms with Gasteiger partial charge in [0.05, 0.1) is 17.9 Å². The average Bonchev–Trinajstić information content (AvgIpc) is 2.44. The van der Waals surface area contributed by atoms with E-state index in [0.717, 1.165) is 28.7 Å². The molecule has 1 heterocycles. The Balaban J connectivity index is 1.96. The third-order valence-electron chi connectivity index (χ3n) is 4.24. The molecule has 106 valence electrons. The summed E-state index contributed by atoms with van der Waals surface area (Å²) >= 11 is 3.50. The van der Waals surface area contributed by atoms with E-state index in [9.17, 15) is 9.59 Å². The summed E-state index contributed by atoms with van der Waals surface area (Å²) in [6, 6.07) is 6.28. The number of anilines is 2. The molecule has 0 radical (unpaired) electrons. The van der Waals surface area contributed by atoms with Gasteiger partial charge in [0.15, 0.2) is 0 Å². The van der Waals surface area contributed by atoms with Crippen molar-refractivity contribution in [2.24, 2.45) is 0 Å². The van der Waals surface area contributed by atoms with Crippen molar-refractivity contribution in [3.63, 3.8) is 0 Å². The van der Waals surface area contributed by atoms with Gasteiger partial charge in [-0.05, 0) is 31.0 Å². The van der Waals surface area contributed by atoms with E-state index in [-0.39, 0.29) is 5.91 Å². The number of benzene rings is 1. The molecule has 5 heteroatoms. The number of hydrogen-bond donors (Lipinski definition) is 0. The van der Waals surface area contributed by atoms with Crippen molar-refractivity contribution in [2.75, 3.05) is 23.4 Å². The predicted octanol–water partition coefficient (Wildman–Crippen LogP) is 2.74. The van der Waals surface area contributed by atoms with E-state index in [1.54, 1.807) is 4.90 Å². The Bertz CT molecular complexity index is 563. The Morgan fingerprint density at radius 2 is 1.85 bits per heavy atom. The van der Waals surface area contributed by atoms with E-state index in [0.29, 0.717) is 31.2 Å². The van der Waals surface area contributed by atoms with Gasteiger partial charge in [0.2, 0.25) is 5.91 Å². The fourth-order valence-electron chi connectivity index (χ4n) is 3.04. The zero-order chi connectivity index (χ0) is 14.3. The van der Waals surface area contributed by atoms with Crippen LogP contribution in [0.5, 0.6) is 0 Å². The van der Waals surface area contributed by atoms with Gasteiger partial charge in [-0.25, -0.2) is 0 Å². The fraction of sp³-hybridized carbons (Fsp3) is 0.467. The van der Waals surface area contributed by atoms with Crippen molar-refractivity contribution in [2.45, 2.75) is 31.7 Å². The third kappa shape index (κ3) is 2.35. The Labute approximate surface area is 126 Å². The zero-order valence-electron chi connectivity index (χ0n) is 11.4. The van der Waals surface area contributed by atoms with Crippen LogP contribution in [0, 0.1) is 0 Å². The van der Waals surface area contributed by atoms with Crippen LogP contribution in [0.25, 0.3) is 0 Å². The summed E-state index contributed by atoms with van der Waals surface area (Å²) in [6.45, 7) is 0.402. The first-order valence-corrected chi connectivity index (χ1v) is 7.70. The van der Waals surface area contributed by atoms with E-state index in [4.69, 9.17) is 0 Å². The van der Waals surface area contributed by atoms with Crippen LogP contribution in [-0.4, -0.2) is 31.3 Å². The van der Waals surface area contributed by atoms with Gasteiger partial charge >= 0.3 is 0 Å². The first kappa shape index (κ1) is 13.6. The van der Waals surface area contributed by atoms with Crippen LogP contribution in [0.2, 0.25) is 0 Å². The zero-order valence-corrected chi connectivity index (χ0v) is 13.0. The molecule has 1 aliphatic carbocycles. The molecule has 2 aliphatic rings. The topological polar surface area (TPSA) is 40.6 Å². The summed E-state index contributed by atoms with van der Waals surface area (Å²) in [5.41, 5.74) is 2.03. The highest BCUT2D eigenvalue weighted by Crippen LogP contribution is 2.38. The molecule has 0 bridgehead atoms. The van der Waals surface area contributed by atoms with E-state index < -0.39 is 0 Å². The molecular weight excluding hydrogens is 320 g/mol. The summed E-state index contributed by atoms with van der Waals surface area (Å²) in [4.78, 5) is 27.5. The summed E-state index contributed by atoms with van der Waals surface area (Å²) in [7, 11) is 1.82. The van der Waals surface area contributed by atoms with E-state index in [1.165, 1.54) is 0 Å². The van der Waals surface area contributed by atoms with Crippen molar-refractivity contribution in [3.8, 4) is 0 Å². The van der Waals surface area contributed by atoms with Gasteiger partial charge in [-0.15, -0.1) is 0 Å². The van der Waals surface area contributed by atoms with Crippen molar-refractivity contribution in [3.05, 3.63) is 22.7 Å². The lowest BCUT2D eigenvalue weighted by atomic mass is 9.92. The number of carbonyl (C=O) groups is 2. The lowest BCUT2D eigenvalue weighted by Crippen LogP contribution is -2.49. The SMILES string of the molecule is CN1C(=O)CN(C2CCC(=O)CC2)c2cc(Br)ccc21. The minimum Gasteiger partial charge on any atom is -0.357 e. The molecule has 1 aromatic carbocycles. The summed E-state index contributed by atoms with van der Waals surface area (Å²) in [5, 5.41) is 0. The smallest absolute Gasteiger partial charge is 0.246 e. The largest absolute Gasteiger partial charge is 0.357 e. The van der Waals surface area contributed by atoms with Crippen LogP contribution in [0.3, 0.4) is 0 Å². The second-order valence-corrected chi connectivity index (χ2v) is 6.40. The van der Waals surface area contributed by atoms with E-state index in [2.05, 4.69) is 26.9 Å². The van der Waals surface area contributed by atoms with Crippen LogP contribution in [0.15, 0.2) is 22.7 Å². The fourth-order valence-corrected chi connectivity index (χ4v) is 3.39. The Morgan fingerprint density at radius 1 is 1.15 bits per heavy atom. The van der Waals surface area contributed by atoms with Gasteiger partial charge < -0.3 is 9.80 Å². The first-order valence-electron chi connectivity index (χ1n) is 6.90. The van der Waals surface area contributed by atoms with Gasteiger partial charge in [0.25, 0.3) is 0 Å². The molecule has 1 fully saturated rings. The Morgan fingerprint density at radius 3 is 2.55 bits per heavy atom. The number of hydrogen-bond acceptors (Lipinski definition) is 3. The average molecular weight is 337 g/mol. The summed E-state index contributed by atoms with van der Waals surface area (Å²) in [5.74, 6) is 0.452. The van der Waals surface area contributed by atoms with E-state index in [1.807, 2.05) is 19.2 Å². The second kappa shape index (κ2) is 5.20. The van der Waals surface area contributed by atoms with Crippen molar-refractivity contribution in [1.29, 1.82) is 0 Å². The molecular formula is C15H17BrN2O2. The molecule has 0 N–H and O–H groups in total. The number of fused-ring (bicyclic) bond motifs is 1. The number of ketones is 1. The van der Waals surface area contributed by atoms with Crippen LogP contribution in [-0.2, 0) is 9.59 Å². The number of rotatable bonds is 1. The van der Waals surface area contributed by atoms with Crippen LogP contribution >= 0.6 is 15.9 Å². The van der Waals surface area contributed by atoms with Crippen LogP contribution < -0.4 is 9.80 Å². The van der Waals surface area contributed by atoms with Gasteiger partial charge in [-0.1, -0.05) is 15.9 Å². The van der Waals surface area contributed by atoms with Crippen LogP contribution in [0.1, 0.15) is 25.7 Å². The predicted molar refractivity (Wildman–Crippen MR) is 82.2 cm³/mol.